The van der Waals surface area contributed by atoms with E-state index < -0.39 is 12.1 Å². The number of anilines is 1. The van der Waals surface area contributed by atoms with Crippen molar-refractivity contribution < 1.29 is 23.8 Å². The van der Waals surface area contributed by atoms with Crippen molar-refractivity contribution in [1.82, 2.24) is 0 Å². The van der Waals surface area contributed by atoms with Crippen LogP contribution < -0.4 is 14.8 Å². The molecule has 0 unspecified atom stereocenters. The molecule has 0 saturated heterocycles. The van der Waals surface area contributed by atoms with E-state index in [0.717, 1.165) is 22.4 Å². The molecule has 0 spiro atoms. The van der Waals surface area contributed by atoms with E-state index in [1.54, 1.807) is 31.4 Å². The van der Waals surface area contributed by atoms with Gasteiger partial charge in [-0.3, -0.25) is 4.79 Å². The first-order valence-electron chi connectivity index (χ1n) is 9.81. The van der Waals surface area contributed by atoms with Crippen molar-refractivity contribution in [2.24, 2.45) is 0 Å². The van der Waals surface area contributed by atoms with E-state index in [0.29, 0.717) is 11.5 Å². The molecule has 0 fully saturated rings. The number of methoxy groups -OCH3 is 1. The Morgan fingerprint density at radius 3 is 2.27 bits per heavy atom. The van der Waals surface area contributed by atoms with E-state index in [4.69, 9.17) is 14.2 Å². The van der Waals surface area contributed by atoms with Crippen LogP contribution in [0.5, 0.6) is 11.5 Å². The molecule has 2 aromatic rings. The molecule has 0 aliphatic rings. The number of rotatable bonds is 8. The van der Waals surface area contributed by atoms with Gasteiger partial charge in [0.2, 0.25) is 0 Å². The van der Waals surface area contributed by atoms with Gasteiger partial charge in [-0.1, -0.05) is 24.3 Å². The van der Waals surface area contributed by atoms with Crippen molar-refractivity contribution in [3.63, 3.8) is 0 Å². The van der Waals surface area contributed by atoms with Gasteiger partial charge in [-0.05, 0) is 69.5 Å². The molecule has 6 nitrogen and oxygen atoms in total. The molecule has 0 bridgehead atoms. The molecule has 0 aliphatic carbocycles. The molecule has 0 aliphatic heterocycles. The summed E-state index contributed by atoms with van der Waals surface area (Å²) in [5.41, 5.74) is 3.37. The largest absolute Gasteiger partial charge is 0.493 e. The summed E-state index contributed by atoms with van der Waals surface area (Å²) in [5.74, 6) is 0.205. The molecule has 160 valence electrons. The normalized spacial score (nSPS) is 12.0. The van der Waals surface area contributed by atoms with Crippen molar-refractivity contribution >= 4 is 23.6 Å². The predicted molar refractivity (Wildman–Crippen MR) is 118 cm³/mol. The molecule has 1 N–H and O–H groups in total. The zero-order chi connectivity index (χ0) is 22.3. The second-order valence-electron chi connectivity index (χ2n) is 7.25. The van der Waals surface area contributed by atoms with Crippen molar-refractivity contribution in [2.75, 3.05) is 12.4 Å². The fourth-order valence-corrected chi connectivity index (χ4v) is 2.81. The van der Waals surface area contributed by atoms with Gasteiger partial charge in [0.05, 0.1) is 13.2 Å². The molecule has 0 radical (unpaired) electrons. The second-order valence-corrected chi connectivity index (χ2v) is 7.25. The van der Waals surface area contributed by atoms with Crippen LogP contribution >= 0.6 is 0 Å². The third-order valence-corrected chi connectivity index (χ3v) is 4.35. The van der Waals surface area contributed by atoms with Gasteiger partial charge in [0.15, 0.2) is 17.6 Å². The van der Waals surface area contributed by atoms with E-state index in [1.807, 2.05) is 45.9 Å². The molecule has 6 heteroatoms. The number of esters is 1. The third-order valence-electron chi connectivity index (χ3n) is 4.35. The maximum Gasteiger partial charge on any atom is 0.331 e. The van der Waals surface area contributed by atoms with E-state index >= 15 is 0 Å². The van der Waals surface area contributed by atoms with Gasteiger partial charge >= 0.3 is 5.97 Å². The standard InChI is InChI=1S/C24H29NO5/c1-15(2)29-20-12-10-19(14-21(20)28-6)11-13-22(26)30-18(5)24(27)25-23-16(3)8-7-9-17(23)4/h7-15,18H,1-6H3,(H,25,27)/b13-11+/t18-/m0/s1. The maximum absolute atomic E-state index is 12.4. The van der Waals surface area contributed by atoms with Gasteiger partial charge < -0.3 is 19.5 Å². The summed E-state index contributed by atoms with van der Waals surface area (Å²) in [6, 6.07) is 11.1. The van der Waals surface area contributed by atoms with Crippen LogP contribution in [0.1, 0.15) is 37.5 Å². The number of nitrogens with one attached hydrogen (secondary N) is 1. The lowest BCUT2D eigenvalue weighted by Gasteiger charge is -2.15. The summed E-state index contributed by atoms with van der Waals surface area (Å²) in [6.45, 7) is 9.22. The molecule has 2 rings (SSSR count). The van der Waals surface area contributed by atoms with Crippen molar-refractivity contribution in [3.05, 3.63) is 59.2 Å². The van der Waals surface area contributed by atoms with Gasteiger partial charge in [0.1, 0.15) is 0 Å². The van der Waals surface area contributed by atoms with Crippen LogP contribution in [0.15, 0.2) is 42.5 Å². The fraction of sp³-hybridized carbons (Fsp3) is 0.333. The van der Waals surface area contributed by atoms with Crippen LogP contribution in [0.4, 0.5) is 5.69 Å². The summed E-state index contributed by atoms with van der Waals surface area (Å²) < 4.78 is 16.2. The van der Waals surface area contributed by atoms with E-state index in [2.05, 4.69) is 5.32 Å². The summed E-state index contributed by atoms with van der Waals surface area (Å²) >= 11 is 0. The number of benzene rings is 2. The first kappa shape index (κ1) is 23.0. The van der Waals surface area contributed by atoms with Gasteiger partial charge in [0.25, 0.3) is 5.91 Å². The van der Waals surface area contributed by atoms with Gasteiger partial charge in [-0.25, -0.2) is 4.79 Å². The minimum absolute atomic E-state index is 0.0198. The summed E-state index contributed by atoms with van der Waals surface area (Å²) in [7, 11) is 1.56. The third kappa shape index (κ3) is 6.37. The van der Waals surface area contributed by atoms with Gasteiger partial charge in [-0.15, -0.1) is 0 Å². The number of carbonyl (C=O) groups is 2. The molecule has 0 aromatic heterocycles. The van der Waals surface area contributed by atoms with E-state index in [-0.39, 0.29) is 12.0 Å². The molecule has 1 amide bonds. The first-order valence-corrected chi connectivity index (χ1v) is 9.81. The summed E-state index contributed by atoms with van der Waals surface area (Å²) in [6.07, 6.45) is 1.96. The van der Waals surface area contributed by atoms with Crippen molar-refractivity contribution in [2.45, 2.75) is 46.8 Å². The highest BCUT2D eigenvalue weighted by Gasteiger charge is 2.18. The Kier molecular flexibility index (Phi) is 8.04. The van der Waals surface area contributed by atoms with Crippen LogP contribution in [0.3, 0.4) is 0 Å². The van der Waals surface area contributed by atoms with Crippen LogP contribution in [0.2, 0.25) is 0 Å². The Labute approximate surface area is 177 Å². The molecular formula is C24H29NO5. The van der Waals surface area contributed by atoms with Gasteiger partial charge in [0, 0.05) is 11.8 Å². The average Bonchev–Trinajstić information content (AvgIpc) is 2.69. The zero-order valence-electron chi connectivity index (χ0n) is 18.3. The minimum Gasteiger partial charge on any atom is -0.493 e. The first-order chi connectivity index (χ1) is 14.2. The lowest BCUT2D eigenvalue weighted by Crippen LogP contribution is -2.30. The number of carbonyl (C=O) groups excluding carboxylic acids is 2. The minimum atomic E-state index is -0.933. The number of amides is 1. The number of aryl methyl sites for hydroxylation is 2. The monoisotopic (exact) mass is 411 g/mol. The van der Waals surface area contributed by atoms with Gasteiger partial charge in [-0.2, -0.15) is 0 Å². The molecule has 1 atom stereocenters. The summed E-state index contributed by atoms with van der Waals surface area (Å²) in [4.78, 5) is 24.5. The van der Waals surface area contributed by atoms with Crippen molar-refractivity contribution in [1.29, 1.82) is 0 Å². The van der Waals surface area contributed by atoms with E-state index in [9.17, 15) is 9.59 Å². The lowest BCUT2D eigenvalue weighted by atomic mass is 10.1. The highest BCUT2D eigenvalue weighted by atomic mass is 16.5. The van der Waals surface area contributed by atoms with E-state index in [1.165, 1.54) is 13.0 Å². The van der Waals surface area contributed by atoms with Crippen LogP contribution in [-0.2, 0) is 14.3 Å². The zero-order valence-corrected chi connectivity index (χ0v) is 18.3. The number of para-hydroxylation sites is 1. The molecule has 30 heavy (non-hydrogen) atoms. The number of hydrogen-bond donors (Lipinski definition) is 1. The topological polar surface area (TPSA) is 73.9 Å². The quantitative estimate of drug-likeness (QED) is 0.504. The summed E-state index contributed by atoms with van der Waals surface area (Å²) in [5, 5.41) is 2.82. The fourth-order valence-electron chi connectivity index (χ4n) is 2.81. The Morgan fingerprint density at radius 2 is 1.67 bits per heavy atom. The van der Waals surface area contributed by atoms with Crippen LogP contribution in [-0.4, -0.2) is 31.2 Å². The Bertz CT molecular complexity index is 913. The maximum atomic E-state index is 12.4. The SMILES string of the molecule is COc1cc(/C=C/C(=O)O[C@@H](C)C(=O)Nc2c(C)cccc2C)ccc1OC(C)C. The molecule has 2 aromatic carbocycles. The highest BCUT2D eigenvalue weighted by Crippen LogP contribution is 2.29. The molecular weight excluding hydrogens is 382 g/mol. The smallest absolute Gasteiger partial charge is 0.331 e. The Balaban J connectivity index is 1.99. The Morgan fingerprint density at radius 1 is 1.00 bits per heavy atom. The highest BCUT2D eigenvalue weighted by molar-refractivity contribution is 5.97. The second kappa shape index (κ2) is 10.5. The van der Waals surface area contributed by atoms with Crippen LogP contribution in [0, 0.1) is 13.8 Å². The predicted octanol–water partition coefficient (Wildman–Crippen LogP) is 4.68. The molecule has 0 heterocycles. The van der Waals surface area contributed by atoms with Crippen molar-refractivity contribution in [3.8, 4) is 11.5 Å². The Hall–Kier alpha value is -3.28. The average molecular weight is 411 g/mol. The lowest BCUT2D eigenvalue weighted by molar-refractivity contribution is -0.148. The number of hydrogen-bond acceptors (Lipinski definition) is 5. The number of ether oxygens (including phenoxy) is 3. The van der Waals surface area contributed by atoms with Crippen LogP contribution in [0.25, 0.3) is 6.08 Å². The molecule has 0 saturated carbocycles.